The van der Waals surface area contributed by atoms with Gasteiger partial charge in [-0.1, -0.05) is 30.3 Å². The number of benzene rings is 2. The molecule has 10 heteroatoms. The minimum Gasteiger partial charge on any atom is -0.489 e. The molecule has 3 N–H and O–H groups in total. The van der Waals surface area contributed by atoms with E-state index in [1.165, 1.54) is 6.20 Å². The molecular weight excluding hydrogens is 492 g/mol. The first-order valence-electron chi connectivity index (χ1n) is 12.4. The van der Waals surface area contributed by atoms with Crippen LogP contribution in [-0.2, 0) is 0 Å². The molecule has 5 aromatic rings. The number of nitriles is 1. The predicted octanol–water partition coefficient (Wildman–Crippen LogP) is 4.65. The molecule has 0 amide bonds. The smallest absolute Gasteiger partial charge is 0.266 e. The van der Waals surface area contributed by atoms with Crippen molar-refractivity contribution in [2.75, 3.05) is 11.1 Å². The number of para-hydroxylation sites is 1. The average molecular weight is 519 g/mol. The average Bonchev–Trinajstić information content (AvgIpc) is 2.93. The van der Waals surface area contributed by atoms with E-state index in [1.807, 2.05) is 69.3 Å². The van der Waals surface area contributed by atoms with Gasteiger partial charge in [-0.2, -0.15) is 10.2 Å². The molecule has 0 radical (unpaired) electrons. The van der Waals surface area contributed by atoms with Crippen LogP contribution in [0.4, 0.5) is 11.8 Å². The molecule has 0 aliphatic heterocycles. The summed E-state index contributed by atoms with van der Waals surface area (Å²) in [6, 6.07) is 18.2. The molecule has 3 aromatic heterocycles. The molecule has 0 spiro atoms. The Morgan fingerprint density at radius 2 is 1.82 bits per heavy atom. The van der Waals surface area contributed by atoms with Gasteiger partial charge >= 0.3 is 0 Å². The highest BCUT2D eigenvalue weighted by Crippen LogP contribution is 2.30. The Balaban J connectivity index is 1.72. The first-order valence-corrected chi connectivity index (χ1v) is 12.4. The number of hydrogen-bond acceptors (Lipinski definition) is 9. The number of nitrogens with zero attached hydrogens (tertiary/aromatic N) is 6. The van der Waals surface area contributed by atoms with E-state index in [9.17, 15) is 10.1 Å². The van der Waals surface area contributed by atoms with Crippen molar-refractivity contribution in [2.24, 2.45) is 0 Å². The molecule has 194 valence electrons. The highest BCUT2D eigenvalue weighted by atomic mass is 16.5. The number of pyridine rings is 1. The molecule has 10 nitrogen and oxygen atoms in total. The molecule has 0 fully saturated rings. The van der Waals surface area contributed by atoms with Crippen molar-refractivity contribution in [1.82, 2.24) is 24.5 Å². The van der Waals surface area contributed by atoms with Gasteiger partial charge in [0.2, 0.25) is 5.95 Å². The summed E-state index contributed by atoms with van der Waals surface area (Å²) in [5, 5.41) is 13.2. The van der Waals surface area contributed by atoms with Crippen LogP contribution in [0.15, 0.2) is 78.0 Å². The summed E-state index contributed by atoms with van der Waals surface area (Å²) in [6.45, 7) is 5.73. The van der Waals surface area contributed by atoms with Gasteiger partial charge in [0.05, 0.1) is 41.1 Å². The molecular formula is C29H26N8O2. The fraction of sp³-hybridized carbons (Fsp3) is 0.172. The fourth-order valence-electron chi connectivity index (χ4n) is 4.36. The molecule has 5 rings (SSSR count). The van der Waals surface area contributed by atoms with Crippen molar-refractivity contribution < 1.29 is 4.74 Å². The van der Waals surface area contributed by atoms with Gasteiger partial charge in [-0.15, -0.1) is 0 Å². The predicted molar refractivity (Wildman–Crippen MR) is 150 cm³/mol. The zero-order valence-electron chi connectivity index (χ0n) is 21.7. The Morgan fingerprint density at radius 3 is 2.56 bits per heavy atom. The van der Waals surface area contributed by atoms with Crippen molar-refractivity contribution in [1.29, 1.82) is 5.26 Å². The maximum atomic E-state index is 14.3. The molecule has 0 aliphatic carbocycles. The van der Waals surface area contributed by atoms with Crippen molar-refractivity contribution >= 4 is 22.7 Å². The van der Waals surface area contributed by atoms with Crippen molar-refractivity contribution in [3.8, 4) is 28.6 Å². The number of rotatable bonds is 7. The number of nitrogens with one attached hydrogen (secondary N) is 1. The van der Waals surface area contributed by atoms with Crippen LogP contribution in [0, 0.1) is 11.3 Å². The lowest BCUT2D eigenvalue weighted by Crippen LogP contribution is -2.28. The van der Waals surface area contributed by atoms with E-state index >= 15 is 0 Å². The SMILES string of the molecule is CC(C)Oc1cncc(-c2cccc3nc(C(C)Nc4nc(N)ncc4C#N)n(-c4ccccc4)c(=O)c23)c1. The van der Waals surface area contributed by atoms with Crippen LogP contribution in [0.1, 0.15) is 38.2 Å². The lowest BCUT2D eigenvalue weighted by Gasteiger charge is -2.21. The van der Waals surface area contributed by atoms with E-state index in [4.69, 9.17) is 15.5 Å². The monoisotopic (exact) mass is 518 g/mol. The first-order chi connectivity index (χ1) is 18.9. The number of ether oxygens (including phenoxy) is 1. The largest absolute Gasteiger partial charge is 0.489 e. The molecule has 1 unspecified atom stereocenters. The first kappa shape index (κ1) is 25.4. The maximum Gasteiger partial charge on any atom is 0.266 e. The van der Waals surface area contributed by atoms with E-state index in [0.29, 0.717) is 33.7 Å². The summed E-state index contributed by atoms with van der Waals surface area (Å²) in [6.07, 6.45) is 4.69. The molecule has 0 bridgehead atoms. The second-order valence-electron chi connectivity index (χ2n) is 9.19. The highest BCUT2D eigenvalue weighted by molar-refractivity contribution is 5.94. The molecule has 1 atom stereocenters. The Kier molecular flexibility index (Phi) is 6.89. The maximum absolute atomic E-state index is 14.3. The van der Waals surface area contributed by atoms with Crippen LogP contribution in [0.25, 0.3) is 27.7 Å². The van der Waals surface area contributed by atoms with Gasteiger partial charge < -0.3 is 15.8 Å². The van der Waals surface area contributed by atoms with Gasteiger partial charge in [-0.25, -0.2) is 9.97 Å². The Morgan fingerprint density at radius 1 is 1.03 bits per heavy atom. The summed E-state index contributed by atoms with van der Waals surface area (Å²) >= 11 is 0. The number of nitrogens with two attached hydrogens (primary N) is 1. The second-order valence-corrected chi connectivity index (χ2v) is 9.19. The molecule has 2 aromatic carbocycles. The summed E-state index contributed by atoms with van der Waals surface area (Å²) in [5.41, 5.74) is 8.35. The molecule has 0 aliphatic rings. The van der Waals surface area contributed by atoms with Crippen LogP contribution in [-0.4, -0.2) is 30.6 Å². The van der Waals surface area contributed by atoms with Gasteiger partial charge in [-0.05, 0) is 50.6 Å². The minimum absolute atomic E-state index is 0.0186. The number of anilines is 2. The van der Waals surface area contributed by atoms with Crippen molar-refractivity contribution in [3.05, 3.63) is 94.9 Å². The van der Waals surface area contributed by atoms with Crippen LogP contribution in [0.5, 0.6) is 5.75 Å². The van der Waals surface area contributed by atoms with E-state index in [-0.39, 0.29) is 29.0 Å². The van der Waals surface area contributed by atoms with Gasteiger partial charge in [0, 0.05) is 11.8 Å². The van der Waals surface area contributed by atoms with Gasteiger partial charge in [0.1, 0.15) is 29.0 Å². The zero-order valence-corrected chi connectivity index (χ0v) is 21.7. The lowest BCUT2D eigenvalue weighted by atomic mass is 10.0. The Hall–Kier alpha value is -5.30. The molecule has 0 saturated heterocycles. The highest BCUT2D eigenvalue weighted by Gasteiger charge is 2.21. The van der Waals surface area contributed by atoms with E-state index in [0.717, 1.165) is 5.56 Å². The standard InChI is InChI=1S/C29H26N8O2/c1-17(2)39-22-12-19(14-32-16-22)23-10-7-11-24-25(23)28(38)37(21-8-5-4-6-9-21)27(35-24)18(3)34-26-20(13-30)15-33-29(31)36-26/h4-12,14-18H,1-3H3,(H3,31,33,34,36). The normalized spacial score (nSPS) is 11.8. The third-order valence-electron chi connectivity index (χ3n) is 6.00. The van der Waals surface area contributed by atoms with Gasteiger partial charge in [0.25, 0.3) is 5.56 Å². The van der Waals surface area contributed by atoms with Crippen LogP contribution in [0.2, 0.25) is 0 Å². The van der Waals surface area contributed by atoms with Crippen molar-refractivity contribution in [2.45, 2.75) is 32.9 Å². The topological polar surface area (TPSA) is 145 Å². The van der Waals surface area contributed by atoms with E-state index in [2.05, 4.69) is 26.3 Å². The van der Waals surface area contributed by atoms with Gasteiger partial charge in [-0.3, -0.25) is 14.3 Å². The fourth-order valence-corrected chi connectivity index (χ4v) is 4.36. The lowest BCUT2D eigenvalue weighted by molar-refractivity contribution is 0.241. The summed E-state index contributed by atoms with van der Waals surface area (Å²) in [7, 11) is 0. The summed E-state index contributed by atoms with van der Waals surface area (Å²) in [5.74, 6) is 1.33. The minimum atomic E-state index is -0.531. The number of fused-ring (bicyclic) bond motifs is 1. The number of nitrogen functional groups attached to an aromatic ring is 1. The van der Waals surface area contributed by atoms with E-state index < -0.39 is 6.04 Å². The molecule has 0 saturated carbocycles. The van der Waals surface area contributed by atoms with Crippen LogP contribution in [0.3, 0.4) is 0 Å². The Bertz CT molecular complexity index is 1760. The third-order valence-corrected chi connectivity index (χ3v) is 6.00. The number of hydrogen-bond donors (Lipinski definition) is 2. The second kappa shape index (κ2) is 10.6. The van der Waals surface area contributed by atoms with Crippen LogP contribution < -0.4 is 21.3 Å². The molecule has 39 heavy (non-hydrogen) atoms. The third kappa shape index (κ3) is 5.10. The molecule has 3 heterocycles. The van der Waals surface area contributed by atoms with E-state index in [1.54, 1.807) is 23.0 Å². The number of aromatic nitrogens is 5. The van der Waals surface area contributed by atoms with Gasteiger partial charge in [0.15, 0.2) is 0 Å². The zero-order chi connectivity index (χ0) is 27.5. The van der Waals surface area contributed by atoms with Crippen LogP contribution >= 0.6 is 0 Å². The Labute approximate surface area is 224 Å². The summed E-state index contributed by atoms with van der Waals surface area (Å²) < 4.78 is 7.41. The summed E-state index contributed by atoms with van der Waals surface area (Å²) in [4.78, 5) is 31.6. The van der Waals surface area contributed by atoms with Crippen molar-refractivity contribution in [3.63, 3.8) is 0 Å². The quantitative estimate of drug-likeness (QED) is 0.314.